The molecule has 0 bridgehead atoms. The highest BCUT2D eigenvalue weighted by Gasteiger charge is 2.17. The van der Waals surface area contributed by atoms with Gasteiger partial charge in [-0.15, -0.1) is 0 Å². The first-order chi connectivity index (χ1) is 4.09. The normalized spacial score (nSPS) is 16.9. The predicted octanol–water partition coefficient (Wildman–Crippen LogP) is -1.71. The summed E-state index contributed by atoms with van der Waals surface area (Å²) >= 11 is 0. The molecule has 1 unspecified atom stereocenters. The van der Waals surface area contributed by atoms with Gasteiger partial charge in [-0.3, -0.25) is 4.79 Å². The second-order valence-electron chi connectivity index (χ2n) is 1.78. The minimum absolute atomic E-state index is 0.635. The molecule has 2 atom stereocenters. The molecule has 4 nitrogen and oxygen atoms in total. The summed E-state index contributed by atoms with van der Waals surface area (Å²) in [7, 11) is 0. The van der Waals surface area contributed by atoms with E-state index in [4.69, 9.17) is 15.3 Å². The van der Waals surface area contributed by atoms with Crippen LogP contribution < -0.4 is 0 Å². The number of hydrogen-bond acceptors (Lipinski definition) is 4. The summed E-state index contributed by atoms with van der Waals surface area (Å²) in [6.45, 7) is 0.602. The number of hydrogen-bond donors (Lipinski definition) is 3. The number of Topliss-reactive ketones (excluding diaryl/α,β-unsaturated/α-hetero) is 1. The molecule has 0 aromatic rings. The fourth-order valence-electron chi connectivity index (χ4n) is 0.368. The van der Waals surface area contributed by atoms with Crippen molar-refractivity contribution in [2.24, 2.45) is 0 Å². The molecule has 4 heteroatoms. The Hall–Kier alpha value is -0.450. The second-order valence-corrected chi connectivity index (χ2v) is 1.78. The molecule has 0 fully saturated rings. The van der Waals surface area contributed by atoms with Crippen LogP contribution >= 0.6 is 0 Å². The highest BCUT2D eigenvalue weighted by molar-refractivity contribution is 5.86. The molecule has 0 rings (SSSR count). The maximum absolute atomic E-state index is 10.4. The van der Waals surface area contributed by atoms with E-state index < -0.39 is 24.6 Å². The largest absolute Gasteiger partial charge is 0.393 e. The van der Waals surface area contributed by atoms with Crippen LogP contribution in [0.3, 0.4) is 0 Å². The Morgan fingerprint density at radius 1 is 1.56 bits per heavy atom. The molecule has 0 spiro atoms. The van der Waals surface area contributed by atoms with E-state index in [9.17, 15) is 4.79 Å². The van der Waals surface area contributed by atoms with Gasteiger partial charge in [0.25, 0.3) is 0 Å². The monoisotopic (exact) mass is 134 g/mol. The molecule has 3 N–H and O–H groups in total. The summed E-state index contributed by atoms with van der Waals surface area (Å²) in [6, 6.07) is 0. The van der Waals surface area contributed by atoms with Crippen LogP contribution in [0.4, 0.5) is 0 Å². The molecule has 0 radical (unpaired) electrons. The molecule has 9 heavy (non-hydrogen) atoms. The van der Waals surface area contributed by atoms with Crippen LogP contribution in [-0.2, 0) is 4.79 Å². The van der Waals surface area contributed by atoms with Crippen molar-refractivity contribution in [2.75, 3.05) is 6.61 Å². The molecule has 0 saturated carbocycles. The number of aliphatic hydroxyl groups is 3. The molecule has 0 aromatic heterocycles. The summed E-state index contributed by atoms with van der Waals surface area (Å²) in [5.41, 5.74) is 0. The molecule has 0 aliphatic carbocycles. The minimum atomic E-state index is -1.44. The van der Waals surface area contributed by atoms with Crippen molar-refractivity contribution in [3.8, 4) is 0 Å². The van der Waals surface area contributed by atoms with Gasteiger partial charge in [-0.1, -0.05) is 0 Å². The van der Waals surface area contributed by atoms with Gasteiger partial charge in [0.1, 0.15) is 12.2 Å². The molecule has 0 aliphatic heterocycles. The van der Waals surface area contributed by atoms with E-state index >= 15 is 0 Å². The van der Waals surface area contributed by atoms with E-state index in [1.165, 1.54) is 6.92 Å². The van der Waals surface area contributed by atoms with Crippen LogP contribution in [-0.4, -0.2) is 39.9 Å². The number of carbonyl (C=O) groups is 1. The first-order valence-corrected chi connectivity index (χ1v) is 2.60. The van der Waals surface area contributed by atoms with Crippen LogP contribution in [0.15, 0.2) is 0 Å². The van der Waals surface area contributed by atoms with Crippen molar-refractivity contribution in [3.63, 3.8) is 0 Å². The zero-order valence-electron chi connectivity index (χ0n) is 5.11. The van der Waals surface area contributed by atoms with Gasteiger partial charge in [-0.25, -0.2) is 0 Å². The van der Waals surface area contributed by atoms with Gasteiger partial charge >= 0.3 is 0 Å². The van der Waals surface area contributed by atoms with Gasteiger partial charge in [0.15, 0.2) is 5.78 Å². The third kappa shape index (κ3) is 2.55. The minimum Gasteiger partial charge on any atom is -0.393 e. The molecule has 0 amide bonds. The fraction of sp³-hybridized carbons (Fsp3) is 0.800. The molecule has 0 heterocycles. The zero-order chi connectivity index (χ0) is 7.44. The van der Waals surface area contributed by atoms with Crippen molar-refractivity contribution in [2.45, 2.75) is 19.1 Å². The standard InChI is InChI=1S/C5H10O4/c1-3(7)5(9)4(8)2-6/h3-4,6-8H,2H2,1H3/t3?,4-/m1/s1. The number of carbonyl (C=O) groups excluding carboxylic acids is 1. The average molecular weight is 134 g/mol. The van der Waals surface area contributed by atoms with Crippen molar-refractivity contribution in [1.29, 1.82) is 0 Å². The van der Waals surface area contributed by atoms with Crippen LogP contribution in [0.5, 0.6) is 0 Å². The van der Waals surface area contributed by atoms with E-state index in [1.807, 2.05) is 0 Å². The Morgan fingerprint density at radius 3 is 2.11 bits per heavy atom. The van der Waals surface area contributed by atoms with E-state index in [-0.39, 0.29) is 0 Å². The fourth-order valence-corrected chi connectivity index (χ4v) is 0.368. The molecular weight excluding hydrogens is 124 g/mol. The summed E-state index contributed by atoms with van der Waals surface area (Å²) < 4.78 is 0. The number of ketones is 1. The quantitative estimate of drug-likeness (QED) is 0.429. The molecule has 0 aliphatic rings. The van der Waals surface area contributed by atoms with E-state index in [0.29, 0.717) is 0 Å². The summed E-state index contributed by atoms with van der Waals surface area (Å²) in [4.78, 5) is 10.4. The molecule has 0 saturated heterocycles. The van der Waals surface area contributed by atoms with Crippen LogP contribution in [0.2, 0.25) is 0 Å². The molecular formula is C5H10O4. The van der Waals surface area contributed by atoms with Crippen molar-refractivity contribution < 1.29 is 20.1 Å². The van der Waals surface area contributed by atoms with Gasteiger partial charge in [0.05, 0.1) is 6.61 Å². The Balaban J connectivity index is 3.73. The summed E-state index contributed by atoms with van der Waals surface area (Å²) in [6.07, 6.45) is -2.64. The van der Waals surface area contributed by atoms with Gasteiger partial charge in [-0.2, -0.15) is 0 Å². The maximum atomic E-state index is 10.4. The van der Waals surface area contributed by atoms with E-state index in [0.717, 1.165) is 0 Å². The molecule has 0 aromatic carbocycles. The average Bonchev–Trinajstić information content (AvgIpc) is 1.84. The first-order valence-electron chi connectivity index (χ1n) is 2.60. The Morgan fingerprint density at radius 2 is 2.00 bits per heavy atom. The van der Waals surface area contributed by atoms with Crippen LogP contribution in [0, 0.1) is 0 Å². The van der Waals surface area contributed by atoms with Crippen molar-refractivity contribution in [3.05, 3.63) is 0 Å². The Kier molecular flexibility index (Phi) is 3.37. The topological polar surface area (TPSA) is 77.8 Å². The highest BCUT2D eigenvalue weighted by Crippen LogP contribution is 1.89. The van der Waals surface area contributed by atoms with E-state index in [2.05, 4.69) is 0 Å². The number of aliphatic hydroxyl groups excluding tert-OH is 3. The Bertz CT molecular complexity index is 99.1. The van der Waals surface area contributed by atoms with Gasteiger partial charge < -0.3 is 15.3 Å². The smallest absolute Gasteiger partial charge is 0.191 e. The molecule has 54 valence electrons. The van der Waals surface area contributed by atoms with Crippen molar-refractivity contribution >= 4 is 5.78 Å². The lowest BCUT2D eigenvalue weighted by Crippen LogP contribution is -2.32. The highest BCUT2D eigenvalue weighted by atomic mass is 16.3. The lowest BCUT2D eigenvalue weighted by molar-refractivity contribution is -0.136. The van der Waals surface area contributed by atoms with Crippen LogP contribution in [0.25, 0.3) is 0 Å². The first kappa shape index (κ1) is 8.55. The van der Waals surface area contributed by atoms with Gasteiger partial charge in [0.2, 0.25) is 0 Å². The van der Waals surface area contributed by atoms with E-state index in [1.54, 1.807) is 0 Å². The van der Waals surface area contributed by atoms with Gasteiger partial charge in [0, 0.05) is 0 Å². The Labute approximate surface area is 52.7 Å². The van der Waals surface area contributed by atoms with Crippen LogP contribution in [0.1, 0.15) is 6.92 Å². The van der Waals surface area contributed by atoms with Gasteiger partial charge in [-0.05, 0) is 6.92 Å². The SMILES string of the molecule is CC(O)C(=O)[C@H](O)CO. The predicted molar refractivity (Wildman–Crippen MR) is 29.8 cm³/mol. The lowest BCUT2D eigenvalue weighted by Gasteiger charge is -2.06. The summed E-state index contributed by atoms with van der Waals surface area (Å²) in [5, 5.41) is 25.2. The summed E-state index contributed by atoms with van der Waals surface area (Å²) in [5.74, 6) is -0.752. The van der Waals surface area contributed by atoms with Crippen molar-refractivity contribution in [1.82, 2.24) is 0 Å². The third-order valence-electron chi connectivity index (χ3n) is 0.913. The second kappa shape index (κ2) is 3.55. The lowest BCUT2D eigenvalue weighted by atomic mass is 10.2. The third-order valence-corrected chi connectivity index (χ3v) is 0.913. The maximum Gasteiger partial charge on any atom is 0.191 e. The number of rotatable bonds is 3. The zero-order valence-corrected chi connectivity index (χ0v) is 5.11.